The van der Waals surface area contributed by atoms with Gasteiger partial charge in [0.25, 0.3) is 0 Å². The fourth-order valence-corrected chi connectivity index (χ4v) is 2.30. The minimum atomic E-state index is 0.651. The molecular weight excluding hydrogens is 234 g/mol. The van der Waals surface area contributed by atoms with Crippen LogP contribution in [0.25, 0.3) is 5.13 Å². The second-order valence-electron chi connectivity index (χ2n) is 4.35. The molecule has 2 aromatic rings. The molecule has 0 bridgehead atoms. The quantitative estimate of drug-likeness (QED) is 0.880. The lowest BCUT2D eigenvalue weighted by Gasteiger charge is -2.04. The molecule has 17 heavy (non-hydrogen) atoms. The van der Waals surface area contributed by atoms with E-state index in [1.807, 2.05) is 17.7 Å². The van der Waals surface area contributed by atoms with Crippen molar-refractivity contribution in [1.29, 1.82) is 0 Å². The van der Waals surface area contributed by atoms with Crippen LogP contribution in [-0.2, 0) is 6.54 Å². The first-order valence-electron chi connectivity index (χ1n) is 5.70. The molecule has 2 heterocycles. The molecule has 5 nitrogen and oxygen atoms in total. The maximum absolute atomic E-state index is 4.17. The summed E-state index contributed by atoms with van der Waals surface area (Å²) in [6, 6.07) is 0. The molecule has 92 valence electrons. The first-order chi connectivity index (χ1) is 8.16. The van der Waals surface area contributed by atoms with E-state index in [0.717, 1.165) is 29.1 Å². The van der Waals surface area contributed by atoms with Crippen molar-refractivity contribution in [2.75, 3.05) is 6.54 Å². The van der Waals surface area contributed by atoms with Crippen molar-refractivity contribution in [2.24, 2.45) is 5.92 Å². The summed E-state index contributed by atoms with van der Waals surface area (Å²) in [4.78, 5) is 4.17. The Hall–Kier alpha value is -1.27. The number of hydrogen-bond donors (Lipinski definition) is 1. The highest BCUT2D eigenvalue weighted by molar-refractivity contribution is 7.13. The molecule has 1 N–H and O–H groups in total. The van der Waals surface area contributed by atoms with E-state index in [1.165, 1.54) is 0 Å². The van der Waals surface area contributed by atoms with Crippen LogP contribution in [0, 0.1) is 12.8 Å². The SMILES string of the molecule is Cc1nccn1-c1nnc(CNCC(C)C)s1. The molecule has 2 aromatic heterocycles. The van der Waals surface area contributed by atoms with Gasteiger partial charge in [0.05, 0.1) is 0 Å². The zero-order valence-corrected chi connectivity index (χ0v) is 11.2. The number of aromatic nitrogens is 4. The van der Waals surface area contributed by atoms with Gasteiger partial charge in [0, 0.05) is 18.9 Å². The second kappa shape index (κ2) is 5.37. The summed E-state index contributed by atoms with van der Waals surface area (Å²) in [7, 11) is 0. The molecule has 0 amide bonds. The monoisotopic (exact) mass is 251 g/mol. The first kappa shape index (κ1) is 12.2. The van der Waals surface area contributed by atoms with Gasteiger partial charge >= 0.3 is 0 Å². The molecule has 0 unspecified atom stereocenters. The molecule has 2 rings (SSSR count). The minimum absolute atomic E-state index is 0.651. The maximum atomic E-state index is 4.17. The van der Waals surface area contributed by atoms with Crippen molar-refractivity contribution in [1.82, 2.24) is 25.1 Å². The smallest absolute Gasteiger partial charge is 0.217 e. The first-order valence-corrected chi connectivity index (χ1v) is 6.52. The van der Waals surface area contributed by atoms with E-state index >= 15 is 0 Å². The maximum Gasteiger partial charge on any atom is 0.217 e. The third kappa shape index (κ3) is 3.10. The molecule has 0 aliphatic carbocycles. The van der Waals surface area contributed by atoms with Gasteiger partial charge in [-0.25, -0.2) is 4.98 Å². The van der Waals surface area contributed by atoms with Crippen LogP contribution in [0.4, 0.5) is 0 Å². The zero-order valence-electron chi connectivity index (χ0n) is 10.3. The van der Waals surface area contributed by atoms with Crippen LogP contribution >= 0.6 is 11.3 Å². The largest absolute Gasteiger partial charge is 0.310 e. The molecule has 0 saturated carbocycles. The van der Waals surface area contributed by atoms with Gasteiger partial charge in [-0.15, -0.1) is 10.2 Å². The Labute approximate surface area is 105 Å². The van der Waals surface area contributed by atoms with Crippen LogP contribution in [0.5, 0.6) is 0 Å². The molecule has 0 aliphatic heterocycles. The number of nitrogens with one attached hydrogen (secondary N) is 1. The van der Waals surface area contributed by atoms with Crippen molar-refractivity contribution < 1.29 is 0 Å². The standard InChI is InChI=1S/C11H17N5S/c1-8(2)6-12-7-10-14-15-11(17-10)16-5-4-13-9(16)3/h4-5,8,12H,6-7H2,1-3H3. The average molecular weight is 251 g/mol. The summed E-state index contributed by atoms with van der Waals surface area (Å²) in [5, 5.41) is 13.6. The summed E-state index contributed by atoms with van der Waals surface area (Å²) >= 11 is 1.59. The third-order valence-electron chi connectivity index (χ3n) is 2.32. The normalized spacial score (nSPS) is 11.3. The summed E-state index contributed by atoms with van der Waals surface area (Å²) in [6.45, 7) is 8.11. The van der Waals surface area contributed by atoms with Gasteiger partial charge < -0.3 is 5.32 Å². The fraction of sp³-hybridized carbons (Fsp3) is 0.545. The highest BCUT2D eigenvalue weighted by Gasteiger charge is 2.07. The van der Waals surface area contributed by atoms with Gasteiger partial charge in [-0.2, -0.15) is 0 Å². The van der Waals surface area contributed by atoms with Crippen molar-refractivity contribution in [2.45, 2.75) is 27.3 Å². The van der Waals surface area contributed by atoms with Gasteiger partial charge in [0.2, 0.25) is 5.13 Å². The predicted molar refractivity (Wildman–Crippen MR) is 68.3 cm³/mol. The van der Waals surface area contributed by atoms with E-state index in [0.29, 0.717) is 5.92 Å². The summed E-state index contributed by atoms with van der Waals surface area (Å²) in [5.74, 6) is 1.58. The molecule has 0 fully saturated rings. The van der Waals surface area contributed by atoms with Gasteiger partial charge in [0.1, 0.15) is 10.8 Å². The Kier molecular flexibility index (Phi) is 3.86. The summed E-state index contributed by atoms with van der Waals surface area (Å²) in [5.41, 5.74) is 0. The van der Waals surface area contributed by atoms with Crippen LogP contribution in [0.3, 0.4) is 0 Å². The molecule has 0 aromatic carbocycles. The number of imidazole rings is 1. The number of nitrogens with zero attached hydrogens (tertiary/aromatic N) is 4. The minimum Gasteiger partial charge on any atom is -0.310 e. The van der Waals surface area contributed by atoms with Crippen molar-refractivity contribution in [3.8, 4) is 5.13 Å². The summed E-state index contributed by atoms with van der Waals surface area (Å²) in [6.07, 6.45) is 3.68. The van der Waals surface area contributed by atoms with Crippen molar-refractivity contribution in [3.63, 3.8) is 0 Å². The Balaban J connectivity index is 1.99. The number of hydrogen-bond acceptors (Lipinski definition) is 5. The highest BCUT2D eigenvalue weighted by Crippen LogP contribution is 2.15. The lowest BCUT2D eigenvalue weighted by Crippen LogP contribution is -2.18. The Morgan fingerprint density at radius 2 is 2.24 bits per heavy atom. The molecule has 0 spiro atoms. The molecule has 0 aliphatic rings. The summed E-state index contributed by atoms with van der Waals surface area (Å²) < 4.78 is 1.95. The third-order valence-corrected chi connectivity index (χ3v) is 3.24. The van der Waals surface area contributed by atoms with E-state index < -0.39 is 0 Å². The van der Waals surface area contributed by atoms with E-state index in [4.69, 9.17) is 0 Å². The van der Waals surface area contributed by atoms with Crippen LogP contribution in [0.1, 0.15) is 24.7 Å². The van der Waals surface area contributed by atoms with Crippen molar-refractivity contribution >= 4 is 11.3 Å². The highest BCUT2D eigenvalue weighted by atomic mass is 32.1. The predicted octanol–water partition coefficient (Wildman–Crippen LogP) is 1.78. The molecule has 0 saturated heterocycles. The van der Waals surface area contributed by atoms with E-state index in [9.17, 15) is 0 Å². The fourth-order valence-electron chi connectivity index (χ4n) is 1.46. The zero-order chi connectivity index (χ0) is 12.3. The number of aryl methyl sites for hydroxylation is 1. The van der Waals surface area contributed by atoms with Crippen molar-refractivity contribution in [3.05, 3.63) is 23.2 Å². The lowest BCUT2D eigenvalue weighted by atomic mass is 10.2. The Bertz CT molecular complexity index is 474. The van der Waals surface area contributed by atoms with Crippen LogP contribution in [-0.4, -0.2) is 26.3 Å². The van der Waals surface area contributed by atoms with Gasteiger partial charge in [-0.3, -0.25) is 4.57 Å². The Morgan fingerprint density at radius 3 is 2.88 bits per heavy atom. The average Bonchev–Trinajstić information content (AvgIpc) is 2.86. The van der Waals surface area contributed by atoms with Gasteiger partial charge in [0.15, 0.2) is 0 Å². The molecule has 0 atom stereocenters. The molecule has 6 heteroatoms. The lowest BCUT2D eigenvalue weighted by molar-refractivity contribution is 0.550. The Morgan fingerprint density at radius 1 is 1.41 bits per heavy atom. The van der Waals surface area contributed by atoms with E-state index in [1.54, 1.807) is 17.5 Å². The van der Waals surface area contributed by atoms with Crippen LogP contribution < -0.4 is 5.32 Å². The van der Waals surface area contributed by atoms with Gasteiger partial charge in [-0.05, 0) is 19.4 Å². The van der Waals surface area contributed by atoms with E-state index in [-0.39, 0.29) is 0 Å². The number of rotatable bonds is 5. The molecule has 0 radical (unpaired) electrons. The van der Waals surface area contributed by atoms with Crippen LogP contribution in [0.2, 0.25) is 0 Å². The van der Waals surface area contributed by atoms with Gasteiger partial charge in [-0.1, -0.05) is 25.2 Å². The second-order valence-corrected chi connectivity index (χ2v) is 5.39. The van der Waals surface area contributed by atoms with Crippen LogP contribution in [0.15, 0.2) is 12.4 Å². The topological polar surface area (TPSA) is 55.6 Å². The molecular formula is C11H17N5S. The van der Waals surface area contributed by atoms with E-state index in [2.05, 4.69) is 34.3 Å².